The molecular weight excluding hydrogens is 444 g/mol. The van der Waals surface area contributed by atoms with Crippen LogP contribution in [0.25, 0.3) is 0 Å². The molecule has 1 aliphatic rings. The molecule has 1 saturated carbocycles. The molecule has 26 heavy (non-hydrogen) atoms. The summed E-state index contributed by atoms with van der Waals surface area (Å²) in [5.74, 6) is 0.603. The summed E-state index contributed by atoms with van der Waals surface area (Å²) in [5, 5.41) is 6.86. The van der Waals surface area contributed by atoms with Crippen LogP contribution in [0.1, 0.15) is 45.1 Å². The predicted molar refractivity (Wildman–Crippen MR) is 117 cm³/mol. The molecule has 0 radical (unpaired) electrons. The van der Waals surface area contributed by atoms with Crippen LogP contribution in [0.3, 0.4) is 0 Å². The van der Waals surface area contributed by atoms with Crippen molar-refractivity contribution in [1.82, 2.24) is 10.6 Å². The Labute approximate surface area is 174 Å². The largest absolute Gasteiger partial charge is 0.385 e. The van der Waals surface area contributed by atoms with E-state index in [0.29, 0.717) is 12.0 Å². The van der Waals surface area contributed by atoms with Crippen LogP contribution in [-0.4, -0.2) is 39.8 Å². The second kappa shape index (κ2) is 10.4. The van der Waals surface area contributed by atoms with E-state index in [0.717, 1.165) is 31.1 Å². The highest BCUT2D eigenvalue weighted by Gasteiger charge is 2.36. The molecule has 0 bridgehead atoms. The predicted octanol–water partition coefficient (Wildman–Crippen LogP) is 4.09. The van der Waals surface area contributed by atoms with Crippen LogP contribution in [0.4, 0.5) is 4.39 Å². The van der Waals surface area contributed by atoms with E-state index in [2.05, 4.69) is 29.5 Å². The van der Waals surface area contributed by atoms with E-state index in [9.17, 15) is 4.39 Å². The number of aliphatic imine (C=N–C) groups is 1. The summed E-state index contributed by atoms with van der Waals surface area (Å²) in [7, 11) is 3.54. The minimum atomic E-state index is -0.196. The van der Waals surface area contributed by atoms with Crippen LogP contribution in [0.5, 0.6) is 0 Å². The lowest BCUT2D eigenvalue weighted by Crippen LogP contribution is -2.49. The van der Waals surface area contributed by atoms with Crippen molar-refractivity contribution >= 4 is 29.9 Å². The summed E-state index contributed by atoms with van der Waals surface area (Å²) >= 11 is 0. The van der Waals surface area contributed by atoms with Gasteiger partial charge in [-0.05, 0) is 42.4 Å². The molecule has 0 amide bonds. The van der Waals surface area contributed by atoms with Crippen LogP contribution < -0.4 is 10.6 Å². The first-order chi connectivity index (χ1) is 11.9. The minimum Gasteiger partial charge on any atom is -0.385 e. The van der Waals surface area contributed by atoms with Gasteiger partial charge in [-0.15, -0.1) is 24.0 Å². The SMILES string of the molecule is CN=C(NCC1(CCOC)CCC1)NCC(C)(C)c1cccc(F)c1.I. The van der Waals surface area contributed by atoms with Crippen molar-refractivity contribution in [2.75, 3.05) is 33.9 Å². The number of hydrogen-bond acceptors (Lipinski definition) is 2. The molecule has 0 saturated heterocycles. The lowest BCUT2D eigenvalue weighted by atomic mass is 9.67. The van der Waals surface area contributed by atoms with E-state index in [1.807, 2.05) is 6.07 Å². The molecule has 0 aliphatic heterocycles. The highest BCUT2D eigenvalue weighted by molar-refractivity contribution is 14.0. The third-order valence-electron chi connectivity index (χ3n) is 5.41. The minimum absolute atomic E-state index is 0. The zero-order valence-electron chi connectivity index (χ0n) is 16.4. The number of hydrogen-bond donors (Lipinski definition) is 2. The first-order valence-corrected chi connectivity index (χ1v) is 9.10. The van der Waals surface area contributed by atoms with Crippen LogP contribution in [-0.2, 0) is 10.2 Å². The lowest BCUT2D eigenvalue weighted by molar-refractivity contribution is 0.0732. The number of benzene rings is 1. The Kier molecular flexibility index (Phi) is 9.30. The van der Waals surface area contributed by atoms with Crippen molar-refractivity contribution in [1.29, 1.82) is 0 Å². The summed E-state index contributed by atoms with van der Waals surface area (Å²) < 4.78 is 18.7. The van der Waals surface area contributed by atoms with Gasteiger partial charge >= 0.3 is 0 Å². The molecule has 0 unspecified atom stereocenters. The van der Waals surface area contributed by atoms with E-state index >= 15 is 0 Å². The summed E-state index contributed by atoms with van der Waals surface area (Å²) in [6.45, 7) is 6.61. The van der Waals surface area contributed by atoms with Crippen molar-refractivity contribution in [3.8, 4) is 0 Å². The molecule has 1 fully saturated rings. The lowest BCUT2D eigenvalue weighted by Gasteiger charge is -2.42. The third-order valence-corrected chi connectivity index (χ3v) is 5.41. The standard InChI is InChI=1S/C20H32FN3O.HI/c1-19(2,16-7-5-8-17(21)13-16)14-23-18(22-3)24-15-20(9-6-10-20)11-12-25-4;/h5,7-8,13H,6,9-12,14-15H2,1-4H3,(H2,22,23,24);1H. The Hall–Kier alpha value is -0.890. The zero-order chi connectivity index (χ0) is 18.3. The van der Waals surface area contributed by atoms with E-state index in [4.69, 9.17) is 4.74 Å². The van der Waals surface area contributed by atoms with Gasteiger partial charge < -0.3 is 15.4 Å². The van der Waals surface area contributed by atoms with Crippen molar-refractivity contribution < 1.29 is 9.13 Å². The van der Waals surface area contributed by atoms with Crippen LogP contribution in [0.2, 0.25) is 0 Å². The van der Waals surface area contributed by atoms with Crippen LogP contribution in [0, 0.1) is 11.2 Å². The van der Waals surface area contributed by atoms with Gasteiger partial charge in [-0.2, -0.15) is 0 Å². The Morgan fingerprint density at radius 1 is 1.31 bits per heavy atom. The quantitative estimate of drug-likeness (QED) is 0.337. The molecule has 2 N–H and O–H groups in total. The molecule has 0 atom stereocenters. The number of ether oxygens (including phenoxy) is 1. The molecule has 0 heterocycles. The van der Waals surface area contributed by atoms with Gasteiger partial charge in [0.05, 0.1) is 0 Å². The van der Waals surface area contributed by atoms with Gasteiger partial charge in [0.25, 0.3) is 0 Å². The van der Waals surface area contributed by atoms with Crippen molar-refractivity contribution in [2.24, 2.45) is 10.4 Å². The van der Waals surface area contributed by atoms with E-state index in [1.165, 1.54) is 25.3 Å². The zero-order valence-corrected chi connectivity index (χ0v) is 18.7. The van der Waals surface area contributed by atoms with Crippen molar-refractivity contribution in [2.45, 2.75) is 44.9 Å². The third kappa shape index (κ3) is 6.37. The average molecular weight is 477 g/mol. The fraction of sp³-hybridized carbons (Fsp3) is 0.650. The molecular formula is C20H33FIN3O. The Bertz CT molecular complexity index is 588. The fourth-order valence-corrected chi connectivity index (χ4v) is 3.32. The highest BCUT2D eigenvalue weighted by atomic mass is 127. The Balaban J connectivity index is 0.00000338. The van der Waals surface area contributed by atoms with E-state index in [1.54, 1.807) is 26.3 Å². The molecule has 148 valence electrons. The maximum Gasteiger partial charge on any atom is 0.191 e. The molecule has 0 spiro atoms. The summed E-state index contributed by atoms with van der Waals surface area (Å²) in [6.07, 6.45) is 4.87. The Morgan fingerprint density at radius 2 is 2.04 bits per heavy atom. The summed E-state index contributed by atoms with van der Waals surface area (Å²) in [4.78, 5) is 4.33. The second-order valence-electron chi connectivity index (χ2n) is 7.77. The number of nitrogens with one attached hydrogen (secondary N) is 2. The number of methoxy groups -OCH3 is 1. The maximum atomic E-state index is 13.5. The van der Waals surface area contributed by atoms with Gasteiger partial charge in [0.2, 0.25) is 0 Å². The molecule has 4 nitrogen and oxygen atoms in total. The highest BCUT2D eigenvalue weighted by Crippen LogP contribution is 2.43. The first kappa shape index (κ1) is 23.1. The molecule has 1 aromatic rings. The smallest absolute Gasteiger partial charge is 0.191 e. The van der Waals surface area contributed by atoms with E-state index < -0.39 is 0 Å². The second-order valence-corrected chi connectivity index (χ2v) is 7.77. The van der Waals surface area contributed by atoms with Gasteiger partial charge in [0.15, 0.2) is 5.96 Å². The number of nitrogens with zero attached hydrogens (tertiary/aromatic N) is 1. The van der Waals surface area contributed by atoms with Gasteiger partial charge in [-0.25, -0.2) is 4.39 Å². The van der Waals surface area contributed by atoms with Crippen LogP contribution >= 0.6 is 24.0 Å². The molecule has 0 aromatic heterocycles. The van der Waals surface area contributed by atoms with E-state index in [-0.39, 0.29) is 35.2 Å². The molecule has 6 heteroatoms. The van der Waals surface area contributed by atoms with Gasteiger partial charge in [-0.1, -0.05) is 32.4 Å². The maximum absolute atomic E-state index is 13.5. The topological polar surface area (TPSA) is 45.7 Å². The summed E-state index contributed by atoms with van der Waals surface area (Å²) in [5.41, 5.74) is 1.13. The fourth-order valence-electron chi connectivity index (χ4n) is 3.32. The molecule has 1 aromatic carbocycles. The molecule has 1 aliphatic carbocycles. The van der Waals surface area contributed by atoms with Crippen LogP contribution in [0.15, 0.2) is 29.3 Å². The number of halogens is 2. The van der Waals surface area contributed by atoms with Gasteiger partial charge in [0, 0.05) is 39.3 Å². The molecule has 2 rings (SSSR count). The summed E-state index contributed by atoms with van der Waals surface area (Å²) in [6, 6.07) is 6.81. The number of guanidine groups is 1. The van der Waals surface area contributed by atoms with Gasteiger partial charge in [0.1, 0.15) is 5.82 Å². The Morgan fingerprint density at radius 3 is 2.58 bits per heavy atom. The average Bonchev–Trinajstić information content (AvgIpc) is 2.56. The monoisotopic (exact) mass is 477 g/mol. The first-order valence-electron chi connectivity index (χ1n) is 9.10. The van der Waals surface area contributed by atoms with Crippen molar-refractivity contribution in [3.05, 3.63) is 35.6 Å². The van der Waals surface area contributed by atoms with Gasteiger partial charge in [-0.3, -0.25) is 4.99 Å². The van der Waals surface area contributed by atoms with Crippen molar-refractivity contribution in [3.63, 3.8) is 0 Å². The number of rotatable bonds is 8. The normalized spacial score (nSPS) is 16.4.